The number of carbonyl (C=O) groups is 1. The number of rotatable bonds is 8. The summed E-state index contributed by atoms with van der Waals surface area (Å²) in [6.07, 6.45) is 0.977. The molecule has 1 amide bonds. The number of anilines is 1. The molecule has 0 bridgehead atoms. The Labute approximate surface area is 164 Å². The fourth-order valence-corrected chi connectivity index (χ4v) is 2.67. The molecule has 140 valence electrons. The van der Waals surface area contributed by atoms with Crippen molar-refractivity contribution in [2.24, 2.45) is 5.92 Å². The van der Waals surface area contributed by atoms with E-state index in [0.29, 0.717) is 29.5 Å². The molecule has 0 unspecified atom stereocenters. The van der Waals surface area contributed by atoms with Crippen molar-refractivity contribution in [2.45, 2.75) is 40.2 Å². The number of ether oxygens (including phenoxy) is 2. The van der Waals surface area contributed by atoms with Crippen molar-refractivity contribution in [3.63, 3.8) is 0 Å². The highest BCUT2D eigenvalue weighted by Crippen LogP contribution is 2.26. The molecule has 0 heterocycles. The van der Waals surface area contributed by atoms with E-state index < -0.39 is 0 Å². The Bertz CT molecular complexity index is 744. The van der Waals surface area contributed by atoms with Gasteiger partial charge in [-0.3, -0.25) is 4.79 Å². The van der Waals surface area contributed by atoms with Crippen LogP contribution >= 0.6 is 15.9 Å². The molecule has 26 heavy (non-hydrogen) atoms. The van der Waals surface area contributed by atoms with Crippen LogP contribution in [0.3, 0.4) is 0 Å². The number of halogens is 1. The van der Waals surface area contributed by atoms with Gasteiger partial charge in [0, 0.05) is 16.2 Å². The predicted octanol–water partition coefficient (Wildman–Crippen LogP) is 5.91. The van der Waals surface area contributed by atoms with Gasteiger partial charge >= 0.3 is 0 Å². The average molecular weight is 420 g/mol. The minimum absolute atomic E-state index is 0.0135. The van der Waals surface area contributed by atoms with Crippen molar-refractivity contribution < 1.29 is 14.3 Å². The summed E-state index contributed by atoms with van der Waals surface area (Å²) < 4.78 is 12.3. The highest BCUT2D eigenvalue weighted by molar-refractivity contribution is 9.10. The quantitative estimate of drug-likeness (QED) is 0.577. The molecule has 4 nitrogen and oxygen atoms in total. The molecule has 1 N–H and O–H groups in total. The standard InChI is InChI=1S/C21H26BrNO3/c1-14(2)10-11-25-18-7-5-6-17(13-18)23-21(24)19-12-16(22)8-9-20(19)26-15(3)4/h5-9,12-15H,10-11H2,1-4H3,(H,23,24). The van der Waals surface area contributed by atoms with Gasteiger partial charge in [0.25, 0.3) is 5.91 Å². The zero-order chi connectivity index (χ0) is 19.1. The molecule has 5 heteroatoms. The molecule has 0 saturated carbocycles. The first-order chi connectivity index (χ1) is 12.3. The molecule has 2 aromatic rings. The number of nitrogens with one attached hydrogen (secondary N) is 1. The molecular weight excluding hydrogens is 394 g/mol. The summed E-state index contributed by atoms with van der Waals surface area (Å²) in [6.45, 7) is 8.85. The lowest BCUT2D eigenvalue weighted by Gasteiger charge is -2.15. The molecule has 2 rings (SSSR count). The van der Waals surface area contributed by atoms with Crippen LogP contribution in [0.15, 0.2) is 46.9 Å². The largest absolute Gasteiger partial charge is 0.494 e. The van der Waals surface area contributed by atoms with Crippen molar-refractivity contribution in [3.05, 3.63) is 52.5 Å². The predicted molar refractivity (Wildman–Crippen MR) is 109 cm³/mol. The Morgan fingerprint density at radius 2 is 1.88 bits per heavy atom. The molecule has 0 spiro atoms. The molecule has 0 aromatic heterocycles. The molecule has 0 aliphatic heterocycles. The van der Waals surface area contributed by atoms with Crippen molar-refractivity contribution >= 4 is 27.5 Å². The molecule has 0 radical (unpaired) electrons. The first-order valence-electron chi connectivity index (χ1n) is 8.85. The molecular formula is C21H26BrNO3. The Kier molecular flexibility index (Phi) is 7.51. The third-order valence-corrected chi connectivity index (χ3v) is 4.10. The second-order valence-corrected chi connectivity index (χ2v) is 7.74. The van der Waals surface area contributed by atoms with Gasteiger partial charge in [0.05, 0.1) is 18.3 Å². The van der Waals surface area contributed by atoms with Gasteiger partial charge in [0.15, 0.2) is 0 Å². The first-order valence-corrected chi connectivity index (χ1v) is 9.65. The minimum atomic E-state index is -0.221. The maximum Gasteiger partial charge on any atom is 0.259 e. The summed E-state index contributed by atoms with van der Waals surface area (Å²) in [7, 11) is 0. The Balaban J connectivity index is 2.11. The maximum atomic E-state index is 12.7. The van der Waals surface area contributed by atoms with Gasteiger partial charge in [-0.05, 0) is 56.5 Å². The maximum absolute atomic E-state index is 12.7. The zero-order valence-corrected chi connectivity index (χ0v) is 17.3. The Hall–Kier alpha value is -2.01. The number of benzene rings is 2. The van der Waals surface area contributed by atoms with Crippen molar-refractivity contribution in [1.29, 1.82) is 0 Å². The second-order valence-electron chi connectivity index (χ2n) is 6.82. The normalized spacial score (nSPS) is 10.9. The van der Waals surface area contributed by atoms with Gasteiger partial charge in [-0.15, -0.1) is 0 Å². The smallest absolute Gasteiger partial charge is 0.259 e. The molecule has 0 fully saturated rings. The molecule has 2 aromatic carbocycles. The highest BCUT2D eigenvalue weighted by Gasteiger charge is 2.15. The summed E-state index contributed by atoms with van der Waals surface area (Å²) in [6, 6.07) is 12.8. The summed E-state index contributed by atoms with van der Waals surface area (Å²) in [5, 5.41) is 2.92. The van der Waals surface area contributed by atoms with Gasteiger partial charge in [-0.2, -0.15) is 0 Å². The molecule has 0 saturated heterocycles. The number of hydrogen-bond acceptors (Lipinski definition) is 3. The van der Waals surface area contributed by atoms with Crippen LogP contribution in [0, 0.1) is 5.92 Å². The average Bonchev–Trinajstić information content (AvgIpc) is 2.56. The monoisotopic (exact) mass is 419 g/mol. The first kappa shape index (κ1) is 20.3. The van der Waals surface area contributed by atoms with E-state index in [9.17, 15) is 4.79 Å². The van der Waals surface area contributed by atoms with E-state index >= 15 is 0 Å². The fourth-order valence-electron chi connectivity index (χ4n) is 2.31. The van der Waals surface area contributed by atoms with Crippen LogP contribution in [0.5, 0.6) is 11.5 Å². The van der Waals surface area contributed by atoms with Crippen molar-refractivity contribution in [3.8, 4) is 11.5 Å². The number of carbonyl (C=O) groups excluding carboxylic acids is 1. The lowest BCUT2D eigenvalue weighted by Crippen LogP contribution is -2.16. The summed E-state index contributed by atoms with van der Waals surface area (Å²) in [4.78, 5) is 12.7. The third kappa shape index (κ3) is 6.37. The van der Waals surface area contributed by atoms with Crippen LogP contribution in [0.4, 0.5) is 5.69 Å². The van der Waals surface area contributed by atoms with E-state index in [1.54, 1.807) is 12.1 Å². The number of amides is 1. The van der Waals surface area contributed by atoms with Crippen LogP contribution in [-0.2, 0) is 0 Å². The van der Waals surface area contributed by atoms with Gasteiger partial charge in [-0.25, -0.2) is 0 Å². The molecule has 0 atom stereocenters. The van der Waals surface area contributed by atoms with Crippen LogP contribution in [0.2, 0.25) is 0 Å². The van der Waals surface area contributed by atoms with Crippen LogP contribution < -0.4 is 14.8 Å². The Morgan fingerprint density at radius 1 is 1.12 bits per heavy atom. The van der Waals surface area contributed by atoms with Gasteiger partial charge in [-0.1, -0.05) is 35.8 Å². The van der Waals surface area contributed by atoms with Crippen LogP contribution in [-0.4, -0.2) is 18.6 Å². The van der Waals surface area contributed by atoms with E-state index in [4.69, 9.17) is 9.47 Å². The van der Waals surface area contributed by atoms with E-state index in [1.807, 2.05) is 44.2 Å². The lowest BCUT2D eigenvalue weighted by atomic mass is 10.1. The highest BCUT2D eigenvalue weighted by atomic mass is 79.9. The lowest BCUT2D eigenvalue weighted by molar-refractivity contribution is 0.102. The van der Waals surface area contributed by atoms with Gasteiger partial charge in [0.1, 0.15) is 11.5 Å². The van der Waals surface area contributed by atoms with Gasteiger partial charge < -0.3 is 14.8 Å². The topological polar surface area (TPSA) is 47.6 Å². The van der Waals surface area contributed by atoms with Crippen LogP contribution in [0.25, 0.3) is 0 Å². The number of hydrogen-bond donors (Lipinski definition) is 1. The van der Waals surface area contributed by atoms with Crippen molar-refractivity contribution in [2.75, 3.05) is 11.9 Å². The summed E-state index contributed by atoms with van der Waals surface area (Å²) >= 11 is 3.41. The van der Waals surface area contributed by atoms with Crippen molar-refractivity contribution in [1.82, 2.24) is 0 Å². The Morgan fingerprint density at radius 3 is 2.58 bits per heavy atom. The second kappa shape index (κ2) is 9.62. The van der Waals surface area contributed by atoms with E-state index in [1.165, 1.54) is 0 Å². The van der Waals surface area contributed by atoms with E-state index in [0.717, 1.165) is 16.6 Å². The molecule has 0 aliphatic rings. The van der Waals surface area contributed by atoms with Gasteiger partial charge in [0.2, 0.25) is 0 Å². The van der Waals surface area contributed by atoms with E-state index in [-0.39, 0.29) is 12.0 Å². The SMILES string of the molecule is CC(C)CCOc1cccc(NC(=O)c2cc(Br)ccc2OC(C)C)c1. The fraction of sp³-hybridized carbons (Fsp3) is 0.381. The van der Waals surface area contributed by atoms with Crippen LogP contribution in [0.1, 0.15) is 44.5 Å². The van der Waals surface area contributed by atoms with E-state index in [2.05, 4.69) is 35.1 Å². The minimum Gasteiger partial charge on any atom is -0.494 e. The summed E-state index contributed by atoms with van der Waals surface area (Å²) in [5.74, 6) is 1.68. The third-order valence-electron chi connectivity index (χ3n) is 3.60. The summed E-state index contributed by atoms with van der Waals surface area (Å²) in [5.41, 5.74) is 1.17. The molecule has 0 aliphatic carbocycles. The zero-order valence-electron chi connectivity index (χ0n) is 15.7.